The van der Waals surface area contributed by atoms with Gasteiger partial charge in [-0.15, -0.1) is 0 Å². The second-order valence-electron chi connectivity index (χ2n) is 4.60. The van der Waals surface area contributed by atoms with Gasteiger partial charge < -0.3 is 10.1 Å². The van der Waals surface area contributed by atoms with E-state index in [4.69, 9.17) is 4.74 Å². The van der Waals surface area contributed by atoms with Gasteiger partial charge in [-0.2, -0.15) is 0 Å². The molecule has 3 rings (SSSR count). The van der Waals surface area contributed by atoms with E-state index in [-0.39, 0.29) is 23.5 Å². The molecule has 1 aromatic carbocycles. The monoisotopic (exact) mass is 286 g/mol. The van der Waals surface area contributed by atoms with Crippen LogP contribution in [0.4, 0.5) is 10.1 Å². The van der Waals surface area contributed by atoms with Crippen LogP contribution in [0.15, 0.2) is 42.7 Å². The Morgan fingerprint density at radius 2 is 2.05 bits per heavy atom. The zero-order valence-corrected chi connectivity index (χ0v) is 10.9. The normalized spacial score (nSPS) is 16.8. The standard InChI is InChI=1S/C15H11FN2O3/c16-9-1-2-13-11(7-9)12(19)8-14(21-13)15(20)18-10-3-5-17-6-4-10/h1-7,14H,8H2,(H,17,18,20). The van der Waals surface area contributed by atoms with Crippen molar-refractivity contribution in [2.75, 3.05) is 5.32 Å². The Bertz CT molecular complexity index is 703. The maximum absolute atomic E-state index is 13.1. The highest BCUT2D eigenvalue weighted by molar-refractivity contribution is 6.05. The molecule has 1 aliphatic rings. The number of nitrogens with zero attached hydrogens (tertiary/aromatic N) is 1. The van der Waals surface area contributed by atoms with Crippen molar-refractivity contribution < 1.29 is 18.7 Å². The molecule has 1 atom stereocenters. The number of anilines is 1. The highest BCUT2D eigenvalue weighted by Crippen LogP contribution is 2.28. The third-order valence-electron chi connectivity index (χ3n) is 3.12. The number of carbonyl (C=O) groups excluding carboxylic acids is 2. The van der Waals surface area contributed by atoms with E-state index in [1.807, 2.05) is 0 Å². The summed E-state index contributed by atoms with van der Waals surface area (Å²) in [5, 5.41) is 2.64. The predicted octanol–water partition coefficient (Wildman–Crippen LogP) is 2.19. The van der Waals surface area contributed by atoms with Crippen LogP contribution in [0.5, 0.6) is 5.75 Å². The number of ketones is 1. The van der Waals surface area contributed by atoms with Crippen LogP contribution < -0.4 is 10.1 Å². The molecule has 1 amide bonds. The smallest absolute Gasteiger partial charge is 0.265 e. The Kier molecular flexibility index (Phi) is 3.35. The van der Waals surface area contributed by atoms with E-state index in [0.29, 0.717) is 5.69 Å². The number of hydrogen-bond donors (Lipinski definition) is 1. The Hall–Kier alpha value is -2.76. The molecule has 0 spiro atoms. The first-order valence-electron chi connectivity index (χ1n) is 6.34. The van der Waals surface area contributed by atoms with Crippen molar-refractivity contribution in [3.05, 3.63) is 54.1 Å². The number of hydrogen-bond acceptors (Lipinski definition) is 4. The number of fused-ring (bicyclic) bond motifs is 1. The largest absolute Gasteiger partial charge is 0.479 e. The number of nitrogens with one attached hydrogen (secondary N) is 1. The summed E-state index contributed by atoms with van der Waals surface area (Å²) in [5.74, 6) is -1.02. The summed E-state index contributed by atoms with van der Waals surface area (Å²) >= 11 is 0. The van der Waals surface area contributed by atoms with Gasteiger partial charge in [0.1, 0.15) is 11.6 Å². The van der Waals surface area contributed by atoms with Gasteiger partial charge in [0.25, 0.3) is 5.91 Å². The second-order valence-corrected chi connectivity index (χ2v) is 4.60. The summed E-state index contributed by atoms with van der Waals surface area (Å²) in [4.78, 5) is 27.9. The fourth-order valence-corrected chi connectivity index (χ4v) is 2.10. The van der Waals surface area contributed by atoms with Gasteiger partial charge in [-0.3, -0.25) is 14.6 Å². The molecule has 0 aliphatic carbocycles. The maximum atomic E-state index is 13.1. The zero-order valence-electron chi connectivity index (χ0n) is 10.9. The van der Waals surface area contributed by atoms with Crippen molar-refractivity contribution in [3.63, 3.8) is 0 Å². The average molecular weight is 286 g/mol. The molecule has 0 fully saturated rings. The van der Waals surface area contributed by atoms with E-state index >= 15 is 0 Å². The summed E-state index contributed by atoms with van der Waals surface area (Å²) in [6, 6.07) is 6.93. The summed E-state index contributed by atoms with van der Waals surface area (Å²) in [5.41, 5.74) is 0.735. The van der Waals surface area contributed by atoms with Crippen LogP contribution in [0.1, 0.15) is 16.8 Å². The number of Topliss-reactive ketones (excluding diaryl/α,β-unsaturated/α-hetero) is 1. The molecule has 2 heterocycles. The molecule has 1 aliphatic heterocycles. The van der Waals surface area contributed by atoms with E-state index in [0.717, 1.165) is 6.07 Å². The quantitative estimate of drug-likeness (QED) is 0.919. The molecular weight excluding hydrogens is 275 g/mol. The number of ether oxygens (including phenoxy) is 1. The van der Waals surface area contributed by atoms with Crippen molar-refractivity contribution in [1.29, 1.82) is 0 Å². The fourth-order valence-electron chi connectivity index (χ4n) is 2.10. The summed E-state index contributed by atoms with van der Waals surface area (Å²) in [6.07, 6.45) is 2.04. The first-order valence-corrected chi connectivity index (χ1v) is 6.34. The molecule has 0 saturated heterocycles. The summed E-state index contributed by atoms with van der Waals surface area (Å²) in [7, 11) is 0. The van der Waals surface area contributed by atoms with Gasteiger partial charge in [0.05, 0.1) is 12.0 Å². The van der Waals surface area contributed by atoms with Gasteiger partial charge in [-0.25, -0.2) is 4.39 Å². The summed E-state index contributed by atoms with van der Waals surface area (Å²) in [6.45, 7) is 0. The average Bonchev–Trinajstić information content (AvgIpc) is 2.49. The van der Waals surface area contributed by atoms with Crippen LogP contribution in [0.25, 0.3) is 0 Å². The summed E-state index contributed by atoms with van der Waals surface area (Å²) < 4.78 is 18.6. The van der Waals surface area contributed by atoms with E-state index in [1.165, 1.54) is 12.1 Å². The van der Waals surface area contributed by atoms with Crippen LogP contribution in [0.3, 0.4) is 0 Å². The fraction of sp³-hybridized carbons (Fsp3) is 0.133. The Morgan fingerprint density at radius 3 is 2.81 bits per heavy atom. The molecular formula is C15H11FN2O3. The Labute approximate surface area is 119 Å². The molecule has 0 bridgehead atoms. The van der Waals surface area contributed by atoms with Crippen LogP contribution >= 0.6 is 0 Å². The van der Waals surface area contributed by atoms with Gasteiger partial charge in [0, 0.05) is 18.1 Å². The first kappa shape index (κ1) is 13.2. The predicted molar refractivity (Wildman–Crippen MR) is 72.6 cm³/mol. The lowest BCUT2D eigenvalue weighted by Crippen LogP contribution is -2.38. The second kappa shape index (κ2) is 5.32. The number of rotatable bonds is 2. The van der Waals surface area contributed by atoms with Crippen molar-refractivity contribution in [3.8, 4) is 5.75 Å². The lowest BCUT2D eigenvalue weighted by atomic mass is 10.00. The van der Waals surface area contributed by atoms with Crippen molar-refractivity contribution in [2.45, 2.75) is 12.5 Å². The lowest BCUT2D eigenvalue weighted by molar-refractivity contribution is -0.122. The van der Waals surface area contributed by atoms with E-state index in [1.54, 1.807) is 24.5 Å². The third-order valence-corrected chi connectivity index (χ3v) is 3.12. The molecule has 1 N–H and O–H groups in total. The highest BCUT2D eigenvalue weighted by atomic mass is 19.1. The number of aromatic nitrogens is 1. The van der Waals surface area contributed by atoms with Crippen molar-refractivity contribution in [2.24, 2.45) is 0 Å². The van der Waals surface area contributed by atoms with Crippen LogP contribution in [0.2, 0.25) is 0 Å². The number of halogens is 1. The number of amides is 1. The Morgan fingerprint density at radius 1 is 1.29 bits per heavy atom. The van der Waals surface area contributed by atoms with Crippen LogP contribution in [-0.4, -0.2) is 22.8 Å². The molecule has 1 unspecified atom stereocenters. The molecule has 21 heavy (non-hydrogen) atoms. The molecule has 106 valence electrons. The van der Waals surface area contributed by atoms with Crippen molar-refractivity contribution in [1.82, 2.24) is 4.98 Å². The first-order chi connectivity index (χ1) is 10.1. The van der Waals surface area contributed by atoms with Gasteiger partial charge >= 0.3 is 0 Å². The molecule has 5 nitrogen and oxygen atoms in total. The highest BCUT2D eigenvalue weighted by Gasteiger charge is 2.31. The number of benzene rings is 1. The van der Waals surface area contributed by atoms with Gasteiger partial charge in [-0.05, 0) is 30.3 Å². The van der Waals surface area contributed by atoms with Crippen LogP contribution in [-0.2, 0) is 4.79 Å². The van der Waals surface area contributed by atoms with Gasteiger partial charge in [0.15, 0.2) is 11.9 Å². The van der Waals surface area contributed by atoms with Crippen LogP contribution in [0, 0.1) is 5.82 Å². The molecule has 6 heteroatoms. The zero-order chi connectivity index (χ0) is 14.8. The minimum absolute atomic E-state index is 0.118. The van der Waals surface area contributed by atoms with E-state index in [9.17, 15) is 14.0 Å². The number of carbonyl (C=O) groups is 2. The maximum Gasteiger partial charge on any atom is 0.265 e. The SMILES string of the molecule is O=C1CC(C(=O)Nc2ccncc2)Oc2ccc(F)cc21. The number of pyridine rings is 1. The van der Waals surface area contributed by atoms with E-state index in [2.05, 4.69) is 10.3 Å². The third kappa shape index (κ3) is 2.74. The Balaban J connectivity index is 1.78. The van der Waals surface area contributed by atoms with Crippen molar-refractivity contribution >= 4 is 17.4 Å². The molecule has 1 aromatic heterocycles. The minimum atomic E-state index is -0.927. The lowest BCUT2D eigenvalue weighted by Gasteiger charge is -2.24. The topological polar surface area (TPSA) is 68.3 Å². The van der Waals surface area contributed by atoms with E-state index < -0.39 is 17.8 Å². The molecule has 0 radical (unpaired) electrons. The molecule has 2 aromatic rings. The molecule has 0 saturated carbocycles. The minimum Gasteiger partial charge on any atom is -0.479 e. The van der Waals surface area contributed by atoms with Gasteiger partial charge in [-0.1, -0.05) is 0 Å². The van der Waals surface area contributed by atoms with Gasteiger partial charge in [0.2, 0.25) is 0 Å².